The molecule has 0 bridgehead atoms. The Morgan fingerprint density at radius 3 is 2.60 bits per heavy atom. The summed E-state index contributed by atoms with van der Waals surface area (Å²) in [5, 5.41) is 6.63. The zero-order valence-corrected chi connectivity index (χ0v) is 17.0. The average Bonchev–Trinajstić information content (AvgIpc) is 3.46. The first-order chi connectivity index (χ1) is 14.8. The minimum Gasteiger partial charge on any atom is -0.372 e. The van der Waals surface area contributed by atoms with Crippen LogP contribution in [0, 0.1) is 0 Å². The molecule has 0 spiro atoms. The molecule has 1 amide bonds. The molecule has 30 heavy (non-hydrogen) atoms. The summed E-state index contributed by atoms with van der Waals surface area (Å²) < 4.78 is 1.96. The molecule has 3 aromatic rings. The lowest BCUT2D eigenvalue weighted by molar-refractivity contribution is -0.129. The van der Waals surface area contributed by atoms with E-state index < -0.39 is 0 Å². The molecule has 8 heteroatoms. The third-order valence-corrected chi connectivity index (χ3v) is 5.92. The Bertz CT molecular complexity index is 1020. The van der Waals surface area contributed by atoms with Crippen molar-refractivity contribution in [2.45, 2.75) is 12.8 Å². The summed E-state index contributed by atoms with van der Waals surface area (Å²) in [4.78, 5) is 26.0. The van der Waals surface area contributed by atoms with Crippen LogP contribution in [0.3, 0.4) is 0 Å². The maximum absolute atomic E-state index is 12.7. The molecular formula is C22H27N7O. The summed E-state index contributed by atoms with van der Waals surface area (Å²) in [5.41, 5.74) is 3.88. The minimum absolute atomic E-state index is 0.107. The van der Waals surface area contributed by atoms with E-state index in [2.05, 4.69) is 44.8 Å². The Hall–Kier alpha value is -3.13. The van der Waals surface area contributed by atoms with Gasteiger partial charge in [-0.2, -0.15) is 0 Å². The van der Waals surface area contributed by atoms with Crippen molar-refractivity contribution in [3.05, 3.63) is 42.9 Å². The van der Waals surface area contributed by atoms with Crippen LogP contribution in [0.1, 0.15) is 12.8 Å². The molecule has 2 fully saturated rings. The summed E-state index contributed by atoms with van der Waals surface area (Å²) in [6.45, 7) is 5.70. The Morgan fingerprint density at radius 2 is 1.83 bits per heavy atom. The first-order valence-corrected chi connectivity index (χ1v) is 10.7. The second-order valence-electron chi connectivity index (χ2n) is 7.84. The van der Waals surface area contributed by atoms with Crippen LogP contribution in [0.5, 0.6) is 0 Å². The number of anilines is 2. The van der Waals surface area contributed by atoms with Crippen molar-refractivity contribution in [3.8, 4) is 11.3 Å². The first kappa shape index (κ1) is 18.9. The van der Waals surface area contributed by atoms with E-state index in [1.165, 1.54) is 18.5 Å². The van der Waals surface area contributed by atoms with Crippen molar-refractivity contribution < 1.29 is 4.79 Å². The second-order valence-corrected chi connectivity index (χ2v) is 7.84. The lowest BCUT2D eigenvalue weighted by Gasteiger charge is -2.27. The SMILES string of the molecule is O=C(CNc1c(-c2ccc(N3CCCC3)cc2)nc2cnccn12)N1CCNCC1. The number of carbonyl (C=O) groups is 1. The zero-order chi connectivity index (χ0) is 20.3. The molecule has 1 aromatic carbocycles. The fourth-order valence-electron chi connectivity index (χ4n) is 4.27. The van der Waals surface area contributed by atoms with E-state index in [1.807, 2.05) is 15.5 Å². The van der Waals surface area contributed by atoms with Gasteiger partial charge in [-0.15, -0.1) is 0 Å². The van der Waals surface area contributed by atoms with E-state index in [4.69, 9.17) is 4.98 Å². The monoisotopic (exact) mass is 405 g/mol. The van der Waals surface area contributed by atoms with Gasteiger partial charge in [0.2, 0.25) is 5.91 Å². The number of carbonyl (C=O) groups excluding carboxylic acids is 1. The molecule has 0 saturated carbocycles. The summed E-state index contributed by atoms with van der Waals surface area (Å²) in [5.74, 6) is 0.931. The quantitative estimate of drug-likeness (QED) is 0.675. The van der Waals surface area contributed by atoms with Gasteiger partial charge in [0.25, 0.3) is 0 Å². The van der Waals surface area contributed by atoms with Crippen molar-refractivity contribution in [2.75, 3.05) is 56.0 Å². The predicted octanol–water partition coefficient (Wildman–Crippen LogP) is 1.84. The Kier molecular flexibility index (Phi) is 5.23. The Morgan fingerprint density at radius 1 is 1.07 bits per heavy atom. The number of benzene rings is 1. The third-order valence-electron chi connectivity index (χ3n) is 5.92. The van der Waals surface area contributed by atoms with Crippen molar-refractivity contribution in [2.24, 2.45) is 0 Å². The first-order valence-electron chi connectivity index (χ1n) is 10.7. The molecule has 5 rings (SSSR count). The standard InChI is InChI=1S/C22H27N7O/c30-20(28-12-7-23-8-13-28)16-25-22-21(26-19-15-24-9-14-29(19)22)17-3-5-18(6-4-17)27-10-1-2-11-27/h3-6,9,14-15,23,25H,1-2,7-8,10-13,16H2. The molecule has 2 N–H and O–H groups in total. The van der Waals surface area contributed by atoms with Gasteiger partial charge in [0.05, 0.1) is 12.7 Å². The van der Waals surface area contributed by atoms with Crippen LogP contribution >= 0.6 is 0 Å². The number of nitrogens with one attached hydrogen (secondary N) is 2. The van der Waals surface area contributed by atoms with Gasteiger partial charge in [-0.1, -0.05) is 12.1 Å². The molecule has 2 aliphatic rings. The van der Waals surface area contributed by atoms with E-state index in [9.17, 15) is 4.79 Å². The van der Waals surface area contributed by atoms with Crippen molar-refractivity contribution in [1.82, 2.24) is 24.6 Å². The van der Waals surface area contributed by atoms with Crippen LogP contribution in [0.4, 0.5) is 11.5 Å². The second kappa shape index (κ2) is 8.31. The number of piperazine rings is 1. The maximum atomic E-state index is 12.7. The summed E-state index contributed by atoms with van der Waals surface area (Å²) in [6, 6.07) is 8.56. The molecule has 4 heterocycles. The number of hydrogen-bond acceptors (Lipinski definition) is 6. The van der Waals surface area contributed by atoms with Gasteiger partial charge in [-0.25, -0.2) is 4.98 Å². The number of aromatic nitrogens is 3. The number of hydrogen-bond donors (Lipinski definition) is 2. The van der Waals surface area contributed by atoms with Crippen LogP contribution < -0.4 is 15.5 Å². The van der Waals surface area contributed by atoms with Crippen molar-refractivity contribution in [3.63, 3.8) is 0 Å². The molecule has 2 aromatic heterocycles. The maximum Gasteiger partial charge on any atom is 0.242 e. The lowest BCUT2D eigenvalue weighted by Crippen LogP contribution is -2.48. The van der Waals surface area contributed by atoms with Gasteiger partial charge in [0.15, 0.2) is 5.65 Å². The van der Waals surface area contributed by atoms with E-state index in [0.717, 1.165) is 62.0 Å². The highest BCUT2D eigenvalue weighted by atomic mass is 16.2. The number of nitrogens with zero attached hydrogens (tertiary/aromatic N) is 5. The van der Waals surface area contributed by atoms with Crippen molar-refractivity contribution in [1.29, 1.82) is 0 Å². The zero-order valence-electron chi connectivity index (χ0n) is 17.0. The summed E-state index contributed by atoms with van der Waals surface area (Å²) in [6.07, 6.45) is 7.87. The number of rotatable bonds is 5. The number of amides is 1. The van der Waals surface area contributed by atoms with E-state index in [-0.39, 0.29) is 12.5 Å². The Labute approximate surface area is 175 Å². The van der Waals surface area contributed by atoms with Gasteiger partial charge in [-0.05, 0) is 25.0 Å². The molecule has 0 atom stereocenters. The average molecular weight is 406 g/mol. The number of fused-ring (bicyclic) bond motifs is 1. The molecule has 8 nitrogen and oxygen atoms in total. The van der Waals surface area contributed by atoms with Crippen LogP contribution in [0.25, 0.3) is 16.9 Å². The van der Waals surface area contributed by atoms with Gasteiger partial charge in [0, 0.05) is 62.9 Å². The highest BCUT2D eigenvalue weighted by Gasteiger charge is 2.19. The molecule has 2 saturated heterocycles. The molecule has 0 aliphatic carbocycles. The third kappa shape index (κ3) is 3.70. The van der Waals surface area contributed by atoms with Gasteiger partial charge < -0.3 is 20.4 Å². The predicted molar refractivity (Wildman–Crippen MR) is 118 cm³/mol. The van der Waals surface area contributed by atoms with Crippen LogP contribution in [-0.4, -0.2) is 71.0 Å². The van der Waals surface area contributed by atoms with Crippen LogP contribution in [-0.2, 0) is 4.79 Å². The van der Waals surface area contributed by atoms with Crippen molar-refractivity contribution >= 4 is 23.1 Å². The largest absolute Gasteiger partial charge is 0.372 e. The molecule has 0 unspecified atom stereocenters. The summed E-state index contributed by atoms with van der Waals surface area (Å²) in [7, 11) is 0. The molecule has 156 valence electrons. The normalized spacial score (nSPS) is 16.9. The lowest BCUT2D eigenvalue weighted by atomic mass is 10.1. The van der Waals surface area contributed by atoms with Gasteiger partial charge in [0.1, 0.15) is 11.5 Å². The van der Waals surface area contributed by atoms with E-state index >= 15 is 0 Å². The van der Waals surface area contributed by atoms with Gasteiger partial charge in [-0.3, -0.25) is 14.2 Å². The Balaban J connectivity index is 1.41. The highest BCUT2D eigenvalue weighted by molar-refractivity contribution is 5.84. The number of imidazole rings is 1. The van der Waals surface area contributed by atoms with Gasteiger partial charge >= 0.3 is 0 Å². The van der Waals surface area contributed by atoms with Crippen LogP contribution in [0.2, 0.25) is 0 Å². The topological polar surface area (TPSA) is 77.8 Å². The molecule has 0 radical (unpaired) electrons. The summed E-state index contributed by atoms with van der Waals surface area (Å²) >= 11 is 0. The van der Waals surface area contributed by atoms with E-state index in [1.54, 1.807) is 12.4 Å². The fraction of sp³-hybridized carbons (Fsp3) is 0.409. The highest BCUT2D eigenvalue weighted by Crippen LogP contribution is 2.30. The molecular weight excluding hydrogens is 378 g/mol. The minimum atomic E-state index is 0.107. The fourth-order valence-corrected chi connectivity index (χ4v) is 4.27. The van der Waals surface area contributed by atoms with E-state index in [0.29, 0.717) is 0 Å². The molecule has 2 aliphatic heterocycles. The van der Waals surface area contributed by atoms with Crippen LogP contribution in [0.15, 0.2) is 42.9 Å². The smallest absolute Gasteiger partial charge is 0.242 e.